The zero-order chi connectivity index (χ0) is 29.6. The number of aliphatic hydroxyl groups excluding tert-OH is 1. The molecule has 2 N–H and O–H groups in total. The number of hydrogen-bond donors (Lipinski definition) is 2. The maximum atomic E-state index is 12.6. The van der Waals surface area contributed by atoms with E-state index < -0.39 is 42.6 Å². The highest BCUT2D eigenvalue weighted by Crippen LogP contribution is 2.37. The third-order valence-corrected chi connectivity index (χ3v) is 7.49. The standard InChI is InChI=1S/C29H42N4O8/c1-5-9-22(34)32-27-20-13-12-19(33(20)31-16-30-27)25-24(36)26(39-17-40-28(37)29(2,3)4)21(41-25)15-38-23(35)14-18-10-7-6-8-11-18/h12-13,16,18,21,24-26,36H,5-11,14-15,17H2,1-4H3,(H,30,31,32,34)/t21?,24-,25-,26+/m0/s1. The normalized spacial score (nSPS) is 23.4. The second kappa shape index (κ2) is 13.7. The van der Waals surface area contributed by atoms with Crippen LogP contribution in [0.15, 0.2) is 18.5 Å². The Hall–Kier alpha value is -3.09. The van der Waals surface area contributed by atoms with Crippen LogP contribution in [0.2, 0.25) is 0 Å². The van der Waals surface area contributed by atoms with Crippen LogP contribution in [0.25, 0.3) is 5.52 Å². The fraction of sp³-hybridized carbons (Fsp3) is 0.690. The summed E-state index contributed by atoms with van der Waals surface area (Å²) in [4.78, 5) is 41.2. The predicted octanol–water partition coefficient (Wildman–Crippen LogP) is 3.71. The van der Waals surface area contributed by atoms with E-state index in [0.29, 0.717) is 42.2 Å². The summed E-state index contributed by atoms with van der Waals surface area (Å²) in [6.07, 6.45) is 4.31. The van der Waals surface area contributed by atoms with Crippen LogP contribution in [0, 0.1) is 11.3 Å². The lowest BCUT2D eigenvalue weighted by atomic mass is 9.87. The molecule has 4 rings (SSSR count). The second-order valence-electron chi connectivity index (χ2n) is 11.9. The van der Waals surface area contributed by atoms with Gasteiger partial charge in [-0.2, -0.15) is 5.10 Å². The number of aromatic nitrogens is 3. The number of ether oxygens (including phenoxy) is 4. The minimum atomic E-state index is -1.20. The number of fused-ring (bicyclic) bond motifs is 1. The van der Waals surface area contributed by atoms with E-state index in [4.69, 9.17) is 18.9 Å². The first-order valence-electron chi connectivity index (χ1n) is 14.5. The predicted molar refractivity (Wildman–Crippen MR) is 148 cm³/mol. The number of hydrogen-bond acceptors (Lipinski definition) is 10. The van der Waals surface area contributed by atoms with E-state index in [9.17, 15) is 19.5 Å². The molecule has 12 nitrogen and oxygen atoms in total. The highest BCUT2D eigenvalue weighted by molar-refractivity contribution is 5.93. The Morgan fingerprint density at radius 1 is 1.15 bits per heavy atom. The van der Waals surface area contributed by atoms with Crippen molar-refractivity contribution < 1.29 is 38.4 Å². The fourth-order valence-electron chi connectivity index (χ4n) is 5.25. The molecule has 3 heterocycles. The van der Waals surface area contributed by atoms with Gasteiger partial charge in [0.25, 0.3) is 0 Å². The molecule has 0 bridgehead atoms. The SMILES string of the molecule is CCCC(=O)Nc1ncnn2c([C@@H]3OC(COC(=O)CC4CCCCC4)[C@@H](OCOC(=O)C(C)(C)C)[C@H]3O)ccc12. The molecule has 2 aliphatic rings. The molecule has 1 amide bonds. The maximum Gasteiger partial charge on any atom is 0.313 e. The van der Waals surface area contributed by atoms with Gasteiger partial charge >= 0.3 is 11.9 Å². The van der Waals surface area contributed by atoms with E-state index in [0.717, 1.165) is 25.7 Å². The molecule has 1 saturated carbocycles. The summed E-state index contributed by atoms with van der Waals surface area (Å²) in [6.45, 7) is 6.57. The van der Waals surface area contributed by atoms with E-state index in [2.05, 4.69) is 15.4 Å². The Labute approximate surface area is 240 Å². The molecule has 41 heavy (non-hydrogen) atoms. The van der Waals surface area contributed by atoms with Gasteiger partial charge in [0.2, 0.25) is 5.91 Å². The van der Waals surface area contributed by atoms with Crippen molar-refractivity contribution in [1.29, 1.82) is 0 Å². The molecule has 0 spiro atoms. The van der Waals surface area contributed by atoms with Gasteiger partial charge in [0.1, 0.15) is 42.9 Å². The summed E-state index contributed by atoms with van der Waals surface area (Å²) in [5.41, 5.74) is 0.304. The number of carbonyl (C=O) groups is 3. The van der Waals surface area contributed by atoms with Crippen LogP contribution in [0.5, 0.6) is 0 Å². The first kappa shape index (κ1) is 30.9. The first-order valence-corrected chi connectivity index (χ1v) is 14.5. The van der Waals surface area contributed by atoms with Crippen molar-refractivity contribution in [3.63, 3.8) is 0 Å². The Kier molecular flexibility index (Phi) is 10.3. The number of nitrogens with one attached hydrogen (secondary N) is 1. The Morgan fingerprint density at radius 3 is 2.61 bits per heavy atom. The molecular weight excluding hydrogens is 532 g/mol. The van der Waals surface area contributed by atoms with Gasteiger partial charge in [-0.15, -0.1) is 0 Å². The Bertz CT molecular complexity index is 1200. The van der Waals surface area contributed by atoms with E-state index in [1.807, 2.05) is 6.92 Å². The number of nitrogens with zero attached hydrogens (tertiary/aromatic N) is 3. The van der Waals surface area contributed by atoms with Gasteiger partial charge in [-0.3, -0.25) is 14.4 Å². The molecule has 2 aromatic rings. The Morgan fingerprint density at radius 2 is 1.90 bits per heavy atom. The maximum absolute atomic E-state index is 12.6. The molecule has 0 aromatic carbocycles. The minimum absolute atomic E-state index is 0.131. The lowest BCUT2D eigenvalue weighted by Gasteiger charge is -2.23. The first-order chi connectivity index (χ1) is 19.6. The summed E-state index contributed by atoms with van der Waals surface area (Å²) in [5.74, 6) is -0.273. The van der Waals surface area contributed by atoms with Crippen LogP contribution in [0.4, 0.5) is 5.82 Å². The third kappa shape index (κ3) is 7.81. The highest BCUT2D eigenvalue weighted by Gasteiger charge is 2.47. The topological polar surface area (TPSA) is 151 Å². The quantitative estimate of drug-likeness (QED) is 0.300. The number of anilines is 1. The van der Waals surface area contributed by atoms with Crippen molar-refractivity contribution in [2.24, 2.45) is 11.3 Å². The molecule has 2 aromatic heterocycles. The molecule has 4 atom stereocenters. The van der Waals surface area contributed by atoms with Crippen LogP contribution in [-0.4, -0.2) is 69.3 Å². The summed E-state index contributed by atoms with van der Waals surface area (Å²) < 4.78 is 24.4. The molecule has 1 saturated heterocycles. The lowest BCUT2D eigenvalue weighted by Crippen LogP contribution is -2.38. The van der Waals surface area contributed by atoms with Gasteiger partial charge in [-0.1, -0.05) is 26.2 Å². The van der Waals surface area contributed by atoms with Crippen molar-refractivity contribution in [3.8, 4) is 0 Å². The van der Waals surface area contributed by atoms with Gasteiger partial charge in [0.05, 0.1) is 11.1 Å². The summed E-state index contributed by atoms with van der Waals surface area (Å²) in [5, 5.41) is 18.4. The molecule has 12 heteroatoms. The van der Waals surface area contributed by atoms with Gasteiger partial charge in [0, 0.05) is 12.8 Å². The van der Waals surface area contributed by atoms with Crippen molar-refractivity contribution >= 4 is 29.2 Å². The highest BCUT2D eigenvalue weighted by atomic mass is 16.7. The van der Waals surface area contributed by atoms with Gasteiger partial charge in [0.15, 0.2) is 12.6 Å². The van der Waals surface area contributed by atoms with Crippen LogP contribution < -0.4 is 5.32 Å². The molecule has 226 valence electrons. The average molecular weight is 575 g/mol. The number of amides is 1. The largest absolute Gasteiger partial charge is 0.463 e. The number of aliphatic hydroxyl groups is 1. The molecule has 0 radical (unpaired) electrons. The number of esters is 2. The molecule has 1 aliphatic heterocycles. The summed E-state index contributed by atoms with van der Waals surface area (Å²) in [7, 11) is 0. The van der Waals surface area contributed by atoms with E-state index >= 15 is 0 Å². The van der Waals surface area contributed by atoms with Crippen molar-refractivity contribution in [1.82, 2.24) is 14.6 Å². The monoisotopic (exact) mass is 574 g/mol. The summed E-state index contributed by atoms with van der Waals surface area (Å²) >= 11 is 0. The fourth-order valence-corrected chi connectivity index (χ4v) is 5.25. The van der Waals surface area contributed by atoms with Crippen LogP contribution >= 0.6 is 0 Å². The number of rotatable bonds is 11. The van der Waals surface area contributed by atoms with Crippen molar-refractivity contribution in [2.45, 2.75) is 103 Å². The number of carbonyl (C=O) groups excluding carboxylic acids is 3. The average Bonchev–Trinajstić information content (AvgIpc) is 3.49. The van der Waals surface area contributed by atoms with Gasteiger partial charge < -0.3 is 29.4 Å². The molecule has 1 unspecified atom stereocenters. The van der Waals surface area contributed by atoms with Crippen molar-refractivity contribution in [2.75, 3.05) is 18.7 Å². The van der Waals surface area contributed by atoms with Crippen LogP contribution in [0.3, 0.4) is 0 Å². The van der Waals surface area contributed by atoms with Crippen LogP contribution in [-0.2, 0) is 33.3 Å². The lowest BCUT2D eigenvalue weighted by molar-refractivity contribution is -0.178. The van der Waals surface area contributed by atoms with E-state index in [-0.39, 0.29) is 18.5 Å². The molecule has 2 fully saturated rings. The van der Waals surface area contributed by atoms with E-state index in [1.54, 1.807) is 32.9 Å². The zero-order valence-corrected chi connectivity index (χ0v) is 24.3. The Balaban J connectivity index is 1.49. The molecular formula is C29H42N4O8. The van der Waals surface area contributed by atoms with Gasteiger partial charge in [-0.25, -0.2) is 9.50 Å². The smallest absolute Gasteiger partial charge is 0.313 e. The van der Waals surface area contributed by atoms with E-state index in [1.165, 1.54) is 17.3 Å². The molecule has 1 aliphatic carbocycles. The third-order valence-electron chi connectivity index (χ3n) is 7.49. The zero-order valence-electron chi connectivity index (χ0n) is 24.3. The van der Waals surface area contributed by atoms with Crippen LogP contribution in [0.1, 0.15) is 90.9 Å². The van der Waals surface area contributed by atoms with Crippen molar-refractivity contribution in [3.05, 3.63) is 24.2 Å². The minimum Gasteiger partial charge on any atom is -0.463 e. The van der Waals surface area contributed by atoms with Gasteiger partial charge in [-0.05, 0) is 58.1 Å². The second-order valence-corrected chi connectivity index (χ2v) is 11.9. The summed E-state index contributed by atoms with van der Waals surface area (Å²) in [6, 6.07) is 3.45.